The molecule has 0 aliphatic heterocycles. The molecule has 0 rings (SSSR count). The first-order chi connectivity index (χ1) is 16.4. The Hall–Kier alpha value is -3.63. The van der Waals surface area contributed by atoms with Gasteiger partial charge in [-0.05, 0) is 46.6 Å². The Kier molecular flexibility index (Phi) is 15.1. The van der Waals surface area contributed by atoms with E-state index in [0.717, 1.165) is 5.57 Å². The van der Waals surface area contributed by atoms with Gasteiger partial charge in [-0.25, -0.2) is 4.79 Å². The molecule has 0 aromatic heterocycles. The SMILES string of the molecule is C=CCOC(=O)CNC(=O)[C@H](CCC(=O)OC(C)(C)C)NC(=O)CNC(=O)OCC(/C=C\C)=C/C. The second kappa shape index (κ2) is 16.9. The minimum atomic E-state index is -1.16. The number of rotatable bonds is 14. The summed E-state index contributed by atoms with van der Waals surface area (Å²) in [5, 5.41) is 7.07. The summed E-state index contributed by atoms with van der Waals surface area (Å²) in [4.78, 5) is 60.3. The third-order valence-corrected chi connectivity index (χ3v) is 3.99. The van der Waals surface area contributed by atoms with Gasteiger partial charge < -0.3 is 30.2 Å². The van der Waals surface area contributed by atoms with Crippen LogP contribution in [-0.2, 0) is 33.4 Å². The van der Waals surface area contributed by atoms with Crippen molar-refractivity contribution in [3.8, 4) is 0 Å². The van der Waals surface area contributed by atoms with Gasteiger partial charge in [-0.15, -0.1) is 0 Å². The Morgan fingerprint density at radius 2 is 1.66 bits per heavy atom. The second-order valence-electron chi connectivity index (χ2n) is 8.23. The number of nitrogens with one attached hydrogen (secondary N) is 3. The highest BCUT2D eigenvalue weighted by molar-refractivity contribution is 5.91. The topological polar surface area (TPSA) is 149 Å². The van der Waals surface area contributed by atoms with Crippen molar-refractivity contribution < 1.29 is 38.2 Å². The first-order valence-electron chi connectivity index (χ1n) is 11.2. The minimum Gasteiger partial charge on any atom is -0.460 e. The minimum absolute atomic E-state index is 0.0143. The van der Waals surface area contributed by atoms with E-state index in [1.54, 1.807) is 45.9 Å². The van der Waals surface area contributed by atoms with Crippen molar-refractivity contribution in [2.45, 2.75) is 59.1 Å². The fourth-order valence-corrected chi connectivity index (χ4v) is 2.45. The van der Waals surface area contributed by atoms with Crippen LogP contribution in [0.3, 0.4) is 0 Å². The second-order valence-corrected chi connectivity index (χ2v) is 8.23. The van der Waals surface area contributed by atoms with Crippen LogP contribution in [0, 0.1) is 0 Å². The predicted molar refractivity (Wildman–Crippen MR) is 129 cm³/mol. The summed E-state index contributed by atoms with van der Waals surface area (Å²) >= 11 is 0. The number of ether oxygens (including phenoxy) is 3. The number of carbonyl (C=O) groups is 5. The number of esters is 2. The molecule has 0 aliphatic carbocycles. The fourth-order valence-electron chi connectivity index (χ4n) is 2.45. The molecule has 1 atom stereocenters. The number of allylic oxidation sites excluding steroid dienone is 2. The van der Waals surface area contributed by atoms with E-state index in [9.17, 15) is 24.0 Å². The molecule has 0 aliphatic rings. The Bertz CT molecular complexity index is 812. The Morgan fingerprint density at radius 1 is 0.971 bits per heavy atom. The summed E-state index contributed by atoms with van der Waals surface area (Å²) in [6, 6.07) is -1.16. The zero-order chi connectivity index (χ0) is 26.9. The Morgan fingerprint density at radius 3 is 2.23 bits per heavy atom. The molecule has 0 spiro atoms. The smallest absolute Gasteiger partial charge is 0.407 e. The molecule has 0 saturated carbocycles. The van der Waals surface area contributed by atoms with Gasteiger partial charge in [-0.1, -0.05) is 30.9 Å². The number of amides is 3. The lowest BCUT2D eigenvalue weighted by molar-refractivity contribution is -0.155. The van der Waals surface area contributed by atoms with Gasteiger partial charge >= 0.3 is 18.0 Å². The molecule has 0 radical (unpaired) electrons. The summed E-state index contributed by atoms with van der Waals surface area (Å²) < 4.78 is 15.0. The molecular weight excluding hydrogens is 458 g/mol. The molecule has 0 saturated heterocycles. The van der Waals surface area contributed by atoms with Crippen LogP contribution in [0.4, 0.5) is 4.79 Å². The van der Waals surface area contributed by atoms with Gasteiger partial charge in [0.25, 0.3) is 0 Å². The molecule has 0 aromatic carbocycles. The van der Waals surface area contributed by atoms with Crippen molar-refractivity contribution in [2.75, 3.05) is 26.3 Å². The molecule has 0 aromatic rings. The van der Waals surface area contributed by atoms with E-state index >= 15 is 0 Å². The van der Waals surface area contributed by atoms with Crippen molar-refractivity contribution in [1.82, 2.24) is 16.0 Å². The highest BCUT2D eigenvalue weighted by Crippen LogP contribution is 2.10. The summed E-state index contributed by atoms with van der Waals surface area (Å²) in [5.74, 6) is -2.65. The van der Waals surface area contributed by atoms with E-state index in [4.69, 9.17) is 14.2 Å². The van der Waals surface area contributed by atoms with E-state index < -0.39 is 54.6 Å². The number of carbonyl (C=O) groups excluding carboxylic acids is 5. The van der Waals surface area contributed by atoms with Crippen LogP contribution in [0.5, 0.6) is 0 Å². The van der Waals surface area contributed by atoms with E-state index in [2.05, 4.69) is 22.5 Å². The number of hydrogen-bond acceptors (Lipinski definition) is 8. The lowest BCUT2D eigenvalue weighted by atomic mass is 10.1. The third-order valence-electron chi connectivity index (χ3n) is 3.99. The largest absolute Gasteiger partial charge is 0.460 e. The molecule has 3 amide bonds. The van der Waals surface area contributed by atoms with E-state index in [1.807, 2.05) is 6.92 Å². The lowest BCUT2D eigenvalue weighted by Crippen LogP contribution is -2.50. The van der Waals surface area contributed by atoms with Crippen molar-refractivity contribution in [1.29, 1.82) is 0 Å². The molecule has 3 N–H and O–H groups in total. The maximum Gasteiger partial charge on any atom is 0.407 e. The van der Waals surface area contributed by atoms with Gasteiger partial charge in [-0.3, -0.25) is 19.2 Å². The maximum atomic E-state index is 12.5. The van der Waals surface area contributed by atoms with E-state index in [-0.39, 0.29) is 26.1 Å². The van der Waals surface area contributed by atoms with Crippen LogP contribution in [-0.4, -0.2) is 67.8 Å². The monoisotopic (exact) mass is 495 g/mol. The van der Waals surface area contributed by atoms with Crippen LogP contribution in [0.1, 0.15) is 47.5 Å². The number of hydrogen-bond donors (Lipinski definition) is 3. The predicted octanol–water partition coefficient (Wildman–Crippen LogP) is 1.69. The first kappa shape index (κ1) is 31.4. The third kappa shape index (κ3) is 16.6. The molecule has 11 nitrogen and oxygen atoms in total. The molecule has 0 heterocycles. The van der Waals surface area contributed by atoms with Gasteiger partial charge in [0.2, 0.25) is 11.8 Å². The van der Waals surface area contributed by atoms with Crippen LogP contribution >= 0.6 is 0 Å². The highest BCUT2D eigenvalue weighted by Gasteiger charge is 2.24. The van der Waals surface area contributed by atoms with Crippen LogP contribution in [0.15, 0.2) is 36.5 Å². The van der Waals surface area contributed by atoms with Gasteiger partial charge in [0, 0.05) is 6.42 Å². The van der Waals surface area contributed by atoms with Gasteiger partial charge in [0.1, 0.15) is 37.9 Å². The lowest BCUT2D eigenvalue weighted by Gasteiger charge is -2.21. The molecule has 0 bridgehead atoms. The number of alkyl carbamates (subject to hydrolysis) is 1. The molecule has 11 heteroatoms. The summed E-state index contributed by atoms with van der Waals surface area (Å²) in [6.07, 6.45) is 5.66. The fraction of sp³-hybridized carbons (Fsp3) is 0.542. The molecule has 0 fully saturated rings. The molecular formula is C24H37N3O8. The van der Waals surface area contributed by atoms with Gasteiger partial charge in [0.15, 0.2) is 0 Å². The van der Waals surface area contributed by atoms with Crippen LogP contribution < -0.4 is 16.0 Å². The van der Waals surface area contributed by atoms with Crippen LogP contribution in [0.25, 0.3) is 0 Å². The summed E-state index contributed by atoms with van der Waals surface area (Å²) in [7, 11) is 0. The Labute approximate surface area is 206 Å². The van der Waals surface area contributed by atoms with Gasteiger partial charge in [0.05, 0.1) is 0 Å². The first-order valence-corrected chi connectivity index (χ1v) is 11.2. The van der Waals surface area contributed by atoms with E-state index in [1.165, 1.54) is 6.08 Å². The summed E-state index contributed by atoms with van der Waals surface area (Å²) in [6.45, 7) is 11.3. The molecule has 35 heavy (non-hydrogen) atoms. The zero-order valence-corrected chi connectivity index (χ0v) is 21.1. The van der Waals surface area contributed by atoms with Crippen molar-refractivity contribution in [3.63, 3.8) is 0 Å². The van der Waals surface area contributed by atoms with Gasteiger partial charge in [-0.2, -0.15) is 0 Å². The van der Waals surface area contributed by atoms with Crippen molar-refractivity contribution >= 4 is 29.8 Å². The van der Waals surface area contributed by atoms with Crippen molar-refractivity contribution in [2.24, 2.45) is 0 Å². The summed E-state index contributed by atoms with van der Waals surface area (Å²) in [5.41, 5.74) is 0.0643. The average Bonchev–Trinajstić information content (AvgIpc) is 2.78. The van der Waals surface area contributed by atoms with E-state index in [0.29, 0.717) is 0 Å². The quantitative estimate of drug-likeness (QED) is 0.143. The average molecular weight is 496 g/mol. The molecule has 196 valence electrons. The van der Waals surface area contributed by atoms with Crippen LogP contribution in [0.2, 0.25) is 0 Å². The Balaban J connectivity index is 4.91. The maximum absolute atomic E-state index is 12.5. The standard InChI is InChI=1S/C24H37N3O8/c1-7-10-17(9-3)16-34-23(32)26-14-19(28)27-18(11-12-20(29)35-24(4,5)6)22(31)25-15-21(30)33-13-8-2/h7-10,18H,2,11-16H2,1,3-6H3,(H,25,31)(H,26,32)(H,27,28)/b10-7-,17-9+/t18-/m0/s1. The molecule has 0 unspecified atom stereocenters. The zero-order valence-electron chi connectivity index (χ0n) is 21.1. The van der Waals surface area contributed by atoms with Crippen molar-refractivity contribution in [3.05, 3.63) is 36.5 Å². The normalized spacial score (nSPS) is 12.3. The highest BCUT2D eigenvalue weighted by atomic mass is 16.6.